The Morgan fingerprint density at radius 1 is 1.23 bits per heavy atom. The van der Waals surface area contributed by atoms with Crippen molar-refractivity contribution < 1.29 is 4.79 Å². The molecule has 0 heterocycles. The van der Waals surface area contributed by atoms with Gasteiger partial charge in [-0.25, -0.2) is 0 Å². The molecule has 0 aliphatic heterocycles. The van der Waals surface area contributed by atoms with Gasteiger partial charge in [-0.15, -0.1) is 0 Å². The van der Waals surface area contributed by atoms with E-state index in [0.29, 0.717) is 0 Å². The molecule has 64 valence electrons. The average Bonchev–Trinajstić information content (AvgIpc) is 2.48. The van der Waals surface area contributed by atoms with Crippen LogP contribution in [0, 0.1) is 0 Å². The largest absolute Gasteiger partial charge is 0.276 e. The van der Waals surface area contributed by atoms with Crippen molar-refractivity contribution in [2.24, 2.45) is 0 Å². The van der Waals surface area contributed by atoms with Gasteiger partial charge in [0, 0.05) is 6.08 Å². The highest BCUT2D eigenvalue weighted by molar-refractivity contribution is 6.67. The van der Waals surface area contributed by atoms with Gasteiger partial charge in [-0.05, 0) is 28.3 Å². The van der Waals surface area contributed by atoms with Crippen LogP contribution in [-0.4, -0.2) is 5.24 Å². The molecule has 1 aromatic rings. The topological polar surface area (TPSA) is 17.1 Å². The number of carbonyl (C=O) groups excluding carboxylic acids is 1. The van der Waals surface area contributed by atoms with E-state index in [2.05, 4.69) is 0 Å². The summed E-state index contributed by atoms with van der Waals surface area (Å²) in [6.07, 6.45) is 5.30. The smallest absolute Gasteiger partial charge is 0.245 e. The Kier molecular flexibility index (Phi) is 2.03. The molecule has 0 spiro atoms. The lowest BCUT2D eigenvalue weighted by molar-refractivity contribution is -0.107. The van der Waals surface area contributed by atoms with Crippen LogP contribution in [-0.2, 0) is 4.79 Å². The van der Waals surface area contributed by atoms with E-state index in [9.17, 15) is 4.79 Å². The van der Waals surface area contributed by atoms with Gasteiger partial charge in [-0.2, -0.15) is 0 Å². The van der Waals surface area contributed by atoms with Gasteiger partial charge in [-0.3, -0.25) is 4.79 Å². The molecule has 0 unspecified atom stereocenters. The average molecular weight is 191 g/mol. The zero-order valence-corrected chi connectivity index (χ0v) is 7.58. The Balaban J connectivity index is 2.50. The molecule has 0 amide bonds. The van der Waals surface area contributed by atoms with E-state index in [-0.39, 0.29) is 0 Å². The first-order valence-electron chi connectivity index (χ1n) is 3.96. The molecule has 0 bridgehead atoms. The molecule has 2 heteroatoms. The molecule has 1 aliphatic carbocycles. The number of halogens is 1. The molecular formula is C11H7ClO. The van der Waals surface area contributed by atoms with Crippen molar-refractivity contribution in [1.82, 2.24) is 0 Å². The second-order valence-corrected chi connectivity index (χ2v) is 3.20. The second kappa shape index (κ2) is 3.19. The van der Waals surface area contributed by atoms with Crippen molar-refractivity contribution in [2.45, 2.75) is 0 Å². The third kappa shape index (κ3) is 1.56. The molecule has 0 radical (unpaired) electrons. The number of carbonyl (C=O) groups is 1. The number of fused-ring (bicyclic) bond motifs is 1. The van der Waals surface area contributed by atoms with Crippen LogP contribution < -0.4 is 0 Å². The maximum absolute atomic E-state index is 10.7. The van der Waals surface area contributed by atoms with Crippen LogP contribution in [0.15, 0.2) is 36.4 Å². The van der Waals surface area contributed by atoms with Crippen LogP contribution in [0.3, 0.4) is 0 Å². The number of rotatable bonds is 1. The van der Waals surface area contributed by atoms with Gasteiger partial charge in [0.15, 0.2) is 0 Å². The van der Waals surface area contributed by atoms with Crippen LogP contribution in [0.4, 0.5) is 0 Å². The summed E-state index contributed by atoms with van der Waals surface area (Å²) >= 11 is 5.28. The van der Waals surface area contributed by atoms with E-state index >= 15 is 0 Å². The summed E-state index contributed by atoms with van der Waals surface area (Å²) in [6.45, 7) is 0. The molecule has 0 fully saturated rings. The van der Waals surface area contributed by atoms with E-state index < -0.39 is 5.24 Å². The van der Waals surface area contributed by atoms with Crippen molar-refractivity contribution in [3.63, 3.8) is 0 Å². The minimum atomic E-state index is -0.434. The first-order chi connectivity index (χ1) is 6.27. The fourth-order valence-corrected chi connectivity index (χ4v) is 1.54. The van der Waals surface area contributed by atoms with Gasteiger partial charge in [-0.1, -0.05) is 36.4 Å². The third-order valence-electron chi connectivity index (χ3n) is 1.98. The monoisotopic (exact) mass is 190 g/mol. The van der Waals surface area contributed by atoms with Gasteiger partial charge in [0.25, 0.3) is 0 Å². The summed E-state index contributed by atoms with van der Waals surface area (Å²) in [6, 6.07) is 7.89. The van der Waals surface area contributed by atoms with Crippen LogP contribution in [0.2, 0.25) is 0 Å². The Hall–Kier alpha value is -1.34. The molecule has 1 aromatic carbocycles. The predicted molar refractivity (Wildman–Crippen MR) is 54.3 cm³/mol. The summed E-state index contributed by atoms with van der Waals surface area (Å²) in [5.41, 5.74) is 3.08. The Morgan fingerprint density at radius 2 is 2.00 bits per heavy atom. The molecule has 0 N–H and O–H groups in total. The molecule has 0 saturated carbocycles. The predicted octanol–water partition coefficient (Wildman–Crippen LogP) is 2.86. The van der Waals surface area contributed by atoms with Gasteiger partial charge >= 0.3 is 0 Å². The maximum Gasteiger partial charge on any atom is 0.245 e. The number of hydrogen-bond donors (Lipinski definition) is 0. The molecular weight excluding hydrogens is 184 g/mol. The molecule has 0 atom stereocenters. The van der Waals surface area contributed by atoms with Crippen LogP contribution in [0.25, 0.3) is 11.6 Å². The summed E-state index contributed by atoms with van der Waals surface area (Å²) in [5, 5.41) is -0.434. The van der Waals surface area contributed by atoms with Crippen molar-refractivity contribution in [1.29, 1.82) is 0 Å². The first-order valence-corrected chi connectivity index (χ1v) is 4.34. The highest BCUT2D eigenvalue weighted by Gasteiger charge is 2.09. The molecule has 13 heavy (non-hydrogen) atoms. The molecule has 0 aromatic heterocycles. The highest BCUT2D eigenvalue weighted by Crippen LogP contribution is 2.28. The van der Waals surface area contributed by atoms with Gasteiger partial charge in [0.1, 0.15) is 0 Å². The van der Waals surface area contributed by atoms with Gasteiger partial charge in [0.2, 0.25) is 5.24 Å². The van der Waals surface area contributed by atoms with Crippen molar-refractivity contribution in [2.75, 3.05) is 0 Å². The standard InChI is InChI=1S/C11H7ClO/c12-11(13)7-9-6-5-8-3-1-2-4-10(8)9/h1-7H/b9-7+. The Bertz CT molecular complexity index is 416. The number of benzene rings is 1. The van der Waals surface area contributed by atoms with Crippen molar-refractivity contribution in [3.8, 4) is 0 Å². The van der Waals surface area contributed by atoms with Crippen LogP contribution in [0.1, 0.15) is 11.1 Å². The summed E-state index contributed by atoms with van der Waals surface area (Å²) in [7, 11) is 0. The van der Waals surface area contributed by atoms with E-state index in [1.807, 2.05) is 36.4 Å². The van der Waals surface area contributed by atoms with Crippen LogP contribution in [0.5, 0.6) is 0 Å². The normalized spacial score (nSPS) is 16.2. The summed E-state index contributed by atoms with van der Waals surface area (Å²) in [5.74, 6) is 0. The van der Waals surface area contributed by atoms with E-state index in [1.165, 1.54) is 6.08 Å². The maximum atomic E-state index is 10.7. The number of allylic oxidation sites excluding steroid dienone is 3. The van der Waals surface area contributed by atoms with Crippen molar-refractivity contribution in [3.05, 3.63) is 47.5 Å². The van der Waals surface area contributed by atoms with Gasteiger partial charge in [0.05, 0.1) is 0 Å². The lowest BCUT2D eigenvalue weighted by Gasteiger charge is -1.98. The quantitative estimate of drug-likeness (QED) is 0.492. The Labute approximate surface area is 81.3 Å². The van der Waals surface area contributed by atoms with Gasteiger partial charge < -0.3 is 0 Å². The second-order valence-electron chi connectivity index (χ2n) is 2.82. The van der Waals surface area contributed by atoms with E-state index in [4.69, 9.17) is 11.6 Å². The molecule has 2 rings (SSSR count). The Morgan fingerprint density at radius 3 is 2.77 bits per heavy atom. The first kappa shape index (κ1) is 8.27. The summed E-state index contributed by atoms with van der Waals surface area (Å²) < 4.78 is 0. The zero-order valence-electron chi connectivity index (χ0n) is 6.83. The van der Waals surface area contributed by atoms with E-state index in [1.54, 1.807) is 0 Å². The summed E-state index contributed by atoms with van der Waals surface area (Å²) in [4.78, 5) is 10.7. The SMILES string of the molecule is O=C(Cl)/C=C1\C=Cc2ccccc21. The lowest BCUT2D eigenvalue weighted by Crippen LogP contribution is -1.83. The zero-order chi connectivity index (χ0) is 9.26. The molecule has 0 saturated heterocycles. The minimum Gasteiger partial charge on any atom is -0.276 e. The fraction of sp³-hybridized carbons (Fsp3) is 0. The minimum absolute atomic E-state index is 0.434. The van der Waals surface area contributed by atoms with E-state index in [0.717, 1.165) is 16.7 Å². The number of hydrogen-bond acceptors (Lipinski definition) is 1. The highest BCUT2D eigenvalue weighted by atomic mass is 35.5. The molecule has 1 aliphatic rings. The van der Waals surface area contributed by atoms with Crippen LogP contribution >= 0.6 is 11.6 Å². The lowest BCUT2D eigenvalue weighted by atomic mass is 10.1. The van der Waals surface area contributed by atoms with Crippen molar-refractivity contribution >= 4 is 28.5 Å². The molecule has 1 nitrogen and oxygen atoms in total. The third-order valence-corrected chi connectivity index (χ3v) is 2.09. The fourth-order valence-electron chi connectivity index (χ4n) is 1.42.